The van der Waals surface area contributed by atoms with Gasteiger partial charge in [-0.3, -0.25) is 23.5 Å². The molecule has 0 heterocycles. The molecule has 0 spiro atoms. The molecular weight excluding hydrogens is 367 g/mol. The van der Waals surface area contributed by atoms with E-state index in [4.69, 9.17) is 0 Å². The summed E-state index contributed by atoms with van der Waals surface area (Å²) in [7, 11) is 0. The predicted molar refractivity (Wildman–Crippen MR) is 108 cm³/mol. The number of benzene rings is 1. The van der Waals surface area contributed by atoms with Gasteiger partial charge in [0, 0.05) is 4.90 Å². The standard InChI is InChI=1S/C20H30S.5FH/c1-2-3-4-5-6-8-11-18-14-16-20(17-15-18)21-19-12-9-7-10-13-19;;;;;/h7,9-10,12-13,16,18H,2-6,8,11,14-15,17H2,1H3;5*1H. The van der Waals surface area contributed by atoms with Crippen LogP contribution in [0.25, 0.3) is 0 Å². The van der Waals surface area contributed by atoms with E-state index in [2.05, 4.69) is 43.3 Å². The second kappa shape index (κ2) is 20.3. The van der Waals surface area contributed by atoms with E-state index in [1.807, 2.05) is 11.8 Å². The number of unbranched alkanes of at least 4 members (excludes halogenated alkanes) is 5. The van der Waals surface area contributed by atoms with Gasteiger partial charge in [-0.2, -0.15) is 0 Å². The van der Waals surface area contributed by atoms with Gasteiger partial charge in [0.1, 0.15) is 0 Å². The molecule has 0 fully saturated rings. The first-order valence-electron chi connectivity index (χ1n) is 8.80. The molecule has 1 aliphatic carbocycles. The van der Waals surface area contributed by atoms with Gasteiger partial charge in [-0.1, -0.05) is 87.9 Å². The highest BCUT2D eigenvalue weighted by Crippen LogP contribution is 2.36. The third kappa shape index (κ3) is 13.2. The fraction of sp³-hybridized carbons (Fsp3) is 0.600. The van der Waals surface area contributed by atoms with E-state index in [-0.39, 0.29) is 23.5 Å². The Morgan fingerprint density at radius 1 is 0.846 bits per heavy atom. The molecule has 156 valence electrons. The van der Waals surface area contributed by atoms with Crippen molar-refractivity contribution in [1.82, 2.24) is 0 Å². The van der Waals surface area contributed by atoms with Crippen molar-refractivity contribution in [3.8, 4) is 0 Å². The molecule has 0 nitrogen and oxygen atoms in total. The molecule has 0 bridgehead atoms. The summed E-state index contributed by atoms with van der Waals surface area (Å²) in [4.78, 5) is 2.97. The fourth-order valence-electron chi connectivity index (χ4n) is 3.07. The summed E-state index contributed by atoms with van der Waals surface area (Å²) >= 11 is 1.97. The van der Waals surface area contributed by atoms with E-state index in [0.717, 1.165) is 5.92 Å². The maximum Gasteiger partial charge on any atom is 0.0118 e. The quantitative estimate of drug-likeness (QED) is 0.298. The summed E-state index contributed by atoms with van der Waals surface area (Å²) in [6.07, 6.45) is 16.5. The number of hydrogen-bond acceptors (Lipinski definition) is 1. The predicted octanol–water partition coefficient (Wildman–Crippen LogP) is 7.98. The van der Waals surface area contributed by atoms with E-state index in [1.54, 1.807) is 4.91 Å². The molecule has 0 aromatic heterocycles. The van der Waals surface area contributed by atoms with Gasteiger partial charge in [0.15, 0.2) is 0 Å². The molecule has 1 aromatic carbocycles. The van der Waals surface area contributed by atoms with E-state index < -0.39 is 0 Å². The zero-order chi connectivity index (χ0) is 14.8. The summed E-state index contributed by atoms with van der Waals surface area (Å²) in [5, 5.41) is 0. The fourth-order valence-corrected chi connectivity index (χ4v) is 4.07. The molecule has 26 heavy (non-hydrogen) atoms. The second-order valence-corrected chi connectivity index (χ2v) is 7.48. The van der Waals surface area contributed by atoms with Crippen LogP contribution in [0.2, 0.25) is 0 Å². The minimum Gasteiger partial charge on any atom is -0.269 e. The first kappa shape index (κ1) is 32.6. The Bertz CT molecular complexity index is 425. The Morgan fingerprint density at radius 3 is 2.04 bits per heavy atom. The Hall–Kier alpha value is -1.04. The van der Waals surface area contributed by atoms with Crippen LogP contribution >= 0.6 is 11.8 Å². The second-order valence-electron chi connectivity index (χ2n) is 6.28. The third-order valence-corrected chi connectivity index (χ3v) is 5.58. The van der Waals surface area contributed by atoms with Crippen LogP contribution in [-0.4, -0.2) is 0 Å². The van der Waals surface area contributed by atoms with E-state index in [9.17, 15) is 0 Å². The maximum atomic E-state index is 2.50. The largest absolute Gasteiger partial charge is 0.269 e. The highest BCUT2D eigenvalue weighted by molar-refractivity contribution is 8.03. The lowest BCUT2D eigenvalue weighted by Crippen LogP contribution is -2.04. The summed E-state index contributed by atoms with van der Waals surface area (Å²) in [5.41, 5.74) is 0. The van der Waals surface area contributed by atoms with E-state index in [0.29, 0.717) is 0 Å². The number of thioether (sulfide) groups is 1. The van der Waals surface area contributed by atoms with Gasteiger partial charge in [0.2, 0.25) is 0 Å². The average Bonchev–Trinajstić information content (AvgIpc) is 2.53. The summed E-state index contributed by atoms with van der Waals surface area (Å²) in [6, 6.07) is 10.8. The van der Waals surface area contributed by atoms with Crippen molar-refractivity contribution in [1.29, 1.82) is 0 Å². The van der Waals surface area contributed by atoms with Crippen molar-refractivity contribution in [2.75, 3.05) is 0 Å². The zero-order valence-corrected chi connectivity index (χ0v) is 16.4. The molecule has 0 amide bonds. The van der Waals surface area contributed by atoms with Crippen LogP contribution in [0.4, 0.5) is 23.5 Å². The first-order valence-corrected chi connectivity index (χ1v) is 9.62. The third-order valence-electron chi connectivity index (χ3n) is 4.44. The molecule has 1 aliphatic rings. The lowest BCUT2D eigenvalue weighted by atomic mass is 9.89. The Kier molecular flexibility index (Phi) is 25.4. The molecule has 0 radical (unpaired) electrons. The molecule has 0 N–H and O–H groups in total. The molecule has 2 rings (SSSR count). The maximum absolute atomic E-state index is 2.50. The van der Waals surface area contributed by atoms with Crippen LogP contribution in [-0.2, 0) is 0 Å². The molecule has 1 unspecified atom stereocenters. The van der Waals surface area contributed by atoms with Crippen LogP contribution in [0.5, 0.6) is 0 Å². The average molecular weight is 403 g/mol. The molecule has 6 heteroatoms. The molecule has 1 atom stereocenters. The van der Waals surface area contributed by atoms with Crippen LogP contribution in [0.15, 0.2) is 46.2 Å². The van der Waals surface area contributed by atoms with Gasteiger partial charge >= 0.3 is 0 Å². The lowest BCUT2D eigenvalue weighted by molar-refractivity contribution is 0.417. The molecular formula is C20H35F5S. The van der Waals surface area contributed by atoms with Crippen molar-refractivity contribution < 1.29 is 23.5 Å². The zero-order valence-electron chi connectivity index (χ0n) is 15.6. The molecule has 0 saturated heterocycles. The van der Waals surface area contributed by atoms with Crippen molar-refractivity contribution in [2.24, 2.45) is 5.92 Å². The number of allylic oxidation sites excluding steroid dienone is 2. The van der Waals surface area contributed by atoms with Gasteiger partial charge in [-0.05, 0) is 42.2 Å². The monoisotopic (exact) mass is 402 g/mol. The smallest absolute Gasteiger partial charge is 0.0118 e. The highest BCUT2D eigenvalue weighted by Gasteiger charge is 2.14. The summed E-state index contributed by atoms with van der Waals surface area (Å²) in [6.45, 7) is 2.29. The van der Waals surface area contributed by atoms with Crippen LogP contribution < -0.4 is 0 Å². The normalized spacial score (nSPS) is 15.0. The van der Waals surface area contributed by atoms with Gasteiger partial charge in [-0.25, -0.2) is 0 Å². The number of hydrogen-bond donors (Lipinski definition) is 0. The topological polar surface area (TPSA) is 0 Å². The van der Waals surface area contributed by atoms with E-state index in [1.165, 1.54) is 69.1 Å². The minimum absolute atomic E-state index is 0. The Morgan fingerprint density at radius 2 is 1.46 bits per heavy atom. The van der Waals surface area contributed by atoms with Crippen molar-refractivity contribution >= 4 is 11.8 Å². The van der Waals surface area contributed by atoms with Gasteiger partial charge in [0.05, 0.1) is 0 Å². The van der Waals surface area contributed by atoms with Gasteiger partial charge in [-0.15, -0.1) is 0 Å². The molecule has 0 aliphatic heterocycles. The van der Waals surface area contributed by atoms with Crippen LogP contribution in [0, 0.1) is 5.92 Å². The summed E-state index contributed by atoms with van der Waals surface area (Å²) < 4.78 is 0. The SMILES string of the molecule is CCCCCCCCC1CC=C(Sc2ccccc2)CC1.F.F.F.F.F. The van der Waals surface area contributed by atoms with Gasteiger partial charge in [0.25, 0.3) is 0 Å². The van der Waals surface area contributed by atoms with Crippen LogP contribution in [0.3, 0.4) is 0 Å². The van der Waals surface area contributed by atoms with Gasteiger partial charge < -0.3 is 0 Å². The number of halogens is 5. The Labute approximate surface area is 159 Å². The molecule has 0 saturated carbocycles. The van der Waals surface area contributed by atoms with Crippen molar-refractivity contribution in [2.45, 2.75) is 76.0 Å². The Balaban J connectivity index is -0.000000484. The first-order chi connectivity index (χ1) is 10.4. The number of rotatable bonds is 9. The molecule has 1 aromatic rings. The minimum atomic E-state index is 0. The van der Waals surface area contributed by atoms with Crippen molar-refractivity contribution in [3.05, 3.63) is 41.3 Å². The highest BCUT2D eigenvalue weighted by atomic mass is 32.2. The van der Waals surface area contributed by atoms with Crippen molar-refractivity contribution in [3.63, 3.8) is 0 Å². The van der Waals surface area contributed by atoms with Crippen LogP contribution in [0.1, 0.15) is 71.1 Å². The lowest BCUT2D eigenvalue weighted by Gasteiger charge is -2.21. The van der Waals surface area contributed by atoms with E-state index >= 15 is 0 Å². The summed E-state index contributed by atoms with van der Waals surface area (Å²) in [5.74, 6) is 0.955.